The topological polar surface area (TPSA) is 205 Å². The summed E-state index contributed by atoms with van der Waals surface area (Å²) in [6, 6.07) is 3.39. The minimum atomic E-state index is -4.80. The first-order chi connectivity index (χ1) is 25.3. The first kappa shape index (κ1) is 41.2. The Hall–Kier alpha value is -3.00. The number of halogens is 2. The molecule has 2 aliphatic heterocycles. The van der Waals surface area contributed by atoms with E-state index >= 15 is 0 Å². The molecule has 2 aromatic heterocycles. The van der Waals surface area contributed by atoms with E-state index in [0.717, 1.165) is 19.3 Å². The summed E-state index contributed by atoms with van der Waals surface area (Å²) in [4.78, 5) is 38.9. The van der Waals surface area contributed by atoms with E-state index in [1.165, 1.54) is 55.7 Å². The number of aromatic nitrogens is 2. The highest BCUT2D eigenvalue weighted by molar-refractivity contribution is 7.97. The number of pyridine rings is 1. The third-order valence-corrected chi connectivity index (χ3v) is 14.1. The molecule has 2 N–H and O–H groups in total. The third-order valence-electron chi connectivity index (χ3n) is 9.62. The normalized spacial score (nSPS) is 24.8. The number of rotatable bonds is 22. The Morgan fingerprint density at radius 3 is 2.42 bits per heavy atom. The van der Waals surface area contributed by atoms with Gasteiger partial charge in [-0.1, -0.05) is 82.7 Å². The molecule has 2 aromatic rings. The highest BCUT2D eigenvalue weighted by Gasteiger charge is 2.56. The number of hydrogen-bond donors (Lipinski definition) is 2. The summed E-state index contributed by atoms with van der Waals surface area (Å²) >= 11 is 6.36. The van der Waals surface area contributed by atoms with E-state index in [-0.39, 0.29) is 41.7 Å². The van der Waals surface area contributed by atoms with Crippen molar-refractivity contribution in [2.24, 2.45) is 0 Å². The van der Waals surface area contributed by atoms with Crippen molar-refractivity contribution in [2.75, 3.05) is 23.4 Å². The Morgan fingerprint density at radius 2 is 1.77 bits per heavy atom. The summed E-state index contributed by atoms with van der Waals surface area (Å²) in [7, 11) is -9.21. The number of hydrogen-bond acceptors (Lipinski definition) is 13. The van der Waals surface area contributed by atoms with Crippen LogP contribution in [0.1, 0.15) is 109 Å². The summed E-state index contributed by atoms with van der Waals surface area (Å²) in [6.07, 6.45) is 7.53. The first-order valence-corrected chi connectivity index (χ1v) is 22.1. The fourth-order valence-electron chi connectivity index (χ4n) is 6.82. The zero-order chi connectivity index (χ0) is 38.2. The van der Waals surface area contributed by atoms with Crippen molar-refractivity contribution in [3.05, 3.63) is 23.0 Å². The van der Waals surface area contributed by atoms with Crippen molar-refractivity contribution < 1.29 is 55.3 Å². The van der Waals surface area contributed by atoms with Crippen LogP contribution in [-0.2, 0) is 42.7 Å². The average Bonchev–Trinajstić information content (AvgIpc) is 3.75. The minimum absolute atomic E-state index is 0.0544. The number of alkyl halides is 1. The fourth-order valence-corrected chi connectivity index (χ4v) is 10.7. The van der Waals surface area contributed by atoms with Gasteiger partial charge in [-0.25, -0.2) is 22.6 Å². The Kier molecular flexibility index (Phi) is 14.4. The number of ether oxygens (including phenoxy) is 4. The van der Waals surface area contributed by atoms with Crippen molar-refractivity contribution >= 4 is 57.9 Å². The summed E-state index contributed by atoms with van der Waals surface area (Å²) in [6.45, 7) is 1.30. The predicted molar refractivity (Wildman–Crippen MR) is 192 cm³/mol. The lowest BCUT2D eigenvalue weighted by molar-refractivity contribution is -0.150. The maximum Gasteiger partial charge on any atom is 0.509 e. The highest BCUT2D eigenvalue weighted by Crippen LogP contribution is 2.46. The number of fused-ring (bicyclic) bond motifs is 2. The molecule has 1 saturated carbocycles. The molecule has 0 aromatic carbocycles. The lowest BCUT2D eigenvalue weighted by Crippen LogP contribution is -2.36. The molecular formula is C34H47ClFN4O11PS. The van der Waals surface area contributed by atoms with Gasteiger partial charge in [-0.15, -0.1) is 0 Å². The van der Waals surface area contributed by atoms with Crippen LogP contribution in [0.25, 0.3) is 11.0 Å². The fraction of sp³-hybridized carbons (Fsp3) is 0.706. The minimum Gasteiger partial charge on any atom is -0.438 e. The smallest absolute Gasteiger partial charge is 0.438 e. The van der Waals surface area contributed by atoms with Gasteiger partial charge in [0.05, 0.1) is 11.4 Å². The van der Waals surface area contributed by atoms with E-state index < -0.39 is 78.3 Å². The molecule has 1 aliphatic carbocycles. The molecule has 294 valence electrons. The van der Waals surface area contributed by atoms with Crippen molar-refractivity contribution in [3.63, 3.8) is 0 Å². The largest absolute Gasteiger partial charge is 0.509 e. The highest BCUT2D eigenvalue weighted by atomic mass is 35.5. The molecule has 19 heteroatoms. The molecule has 1 unspecified atom stereocenters. The van der Waals surface area contributed by atoms with Gasteiger partial charge in [0, 0.05) is 24.0 Å². The number of nitriles is 1. The van der Waals surface area contributed by atoms with Crippen LogP contribution >= 0.6 is 19.2 Å². The van der Waals surface area contributed by atoms with Gasteiger partial charge in [-0.2, -0.15) is 5.26 Å². The monoisotopic (exact) mass is 804 g/mol. The van der Waals surface area contributed by atoms with E-state index in [1.54, 1.807) is 6.07 Å². The Morgan fingerprint density at radius 1 is 1.13 bits per heavy atom. The van der Waals surface area contributed by atoms with Crippen LogP contribution in [-0.4, -0.2) is 83.6 Å². The van der Waals surface area contributed by atoms with Gasteiger partial charge in [0.2, 0.25) is 6.79 Å². The molecule has 5 atom stereocenters. The Labute approximate surface area is 313 Å². The second-order valence-electron chi connectivity index (χ2n) is 13.8. The summed E-state index contributed by atoms with van der Waals surface area (Å²) < 4.78 is 80.2. The van der Waals surface area contributed by atoms with Gasteiger partial charge in [0.25, 0.3) is 0 Å². The summed E-state index contributed by atoms with van der Waals surface area (Å²) in [5, 5.41) is 13.2. The van der Waals surface area contributed by atoms with Gasteiger partial charge in [0.1, 0.15) is 29.6 Å². The first-order valence-electron chi connectivity index (χ1n) is 18.2. The molecule has 4 heterocycles. The molecule has 15 nitrogen and oxygen atoms in total. The number of nitrogens with one attached hydrogen (secondary N) is 1. The number of unbranched alkanes of at least 4 members (excludes halogenated alkanes) is 10. The van der Waals surface area contributed by atoms with Gasteiger partial charge >= 0.3 is 19.7 Å². The molecule has 2 saturated heterocycles. The number of nitrogens with zero attached hydrogens (tertiary/aromatic N) is 3. The van der Waals surface area contributed by atoms with E-state index in [9.17, 15) is 37.1 Å². The van der Waals surface area contributed by atoms with Crippen molar-refractivity contribution in [1.29, 1.82) is 5.26 Å². The summed E-state index contributed by atoms with van der Waals surface area (Å²) in [5.74, 6) is -1.47. The number of sulfone groups is 1. The molecule has 5 rings (SSSR count). The van der Waals surface area contributed by atoms with E-state index in [2.05, 4.69) is 17.2 Å². The molecule has 3 aliphatic rings. The van der Waals surface area contributed by atoms with Crippen LogP contribution in [0.15, 0.2) is 12.3 Å². The lowest BCUT2D eigenvalue weighted by Gasteiger charge is -2.31. The Balaban J connectivity index is 1.11. The van der Waals surface area contributed by atoms with Crippen LogP contribution in [0, 0.1) is 11.3 Å². The molecule has 0 amide bonds. The molecular weight excluding hydrogens is 758 g/mol. The predicted octanol–water partition coefficient (Wildman–Crippen LogP) is 7.05. The van der Waals surface area contributed by atoms with Crippen LogP contribution in [0.3, 0.4) is 0 Å². The van der Waals surface area contributed by atoms with Gasteiger partial charge in [0.15, 0.2) is 38.9 Å². The van der Waals surface area contributed by atoms with Gasteiger partial charge in [-0.3, -0.25) is 13.9 Å². The van der Waals surface area contributed by atoms with Crippen LogP contribution < -0.4 is 5.32 Å². The van der Waals surface area contributed by atoms with Crippen molar-refractivity contribution in [1.82, 2.24) is 9.55 Å². The quantitative estimate of drug-likeness (QED) is 0.0402. The molecule has 53 heavy (non-hydrogen) atoms. The van der Waals surface area contributed by atoms with Gasteiger partial charge in [-0.05, 0) is 25.3 Å². The van der Waals surface area contributed by atoms with Crippen LogP contribution in [0.5, 0.6) is 0 Å². The number of carbonyl (C=O) groups is 2. The zero-order valence-corrected chi connectivity index (χ0v) is 32.1. The van der Waals surface area contributed by atoms with Crippen LogP contribution in [0.4, 0.5) is 14.9 Å². The number of carbonyl (C=O) groups excluding carboxylic acids is 2. The standard InChI is InChI=1S/C34H47ClFN4O11PS/c1-2-3-4-5-6-7-8-9-10-11-12-13-27(41)47-20-48-52(43,44)21-53(45,46)19-26-29-30(51-34(42)50-29)33(49-26)40-15-14-24-28(38-23-16-22(36)17-23)25(18-37)31(35)39-32(24)40/h14-15,22-23,26,29-30,33H,2-13,16-17,19-21H2,1H3,(H,38,39)(H,43,44)/t22?,23?,26-,29-,30-,33-/m1/s1. The zero-order valence-electron chi connectivity index (χ0n) is 29.6. The second kappa shape index (κ2) is 18.6. The van der Waals surface area contributed by atoms with E-state index in [0.29, 0.717) is 17.5 Å². The molecule has 0 spiro atoms. The van der Waals surface area contributed by atoms with Gasteiger partial charge < -0.3 is 33.7 Å². The summed E-state index contributed by atoms with van der Waals surface area (Å²) in [5.41, 5.74) is -0.721. The maximum atomic E-state index is 13.5. The van der Waals surface area contributed by atoms with E-state index in [1.807, 2.05) is 6.07 Å². The lowest BCUT2D eigenvalue weighted by atomic mass is 9.90. The molecule has 0 radical (unpaired) electrons. The van der Waals surface area contributed by atoms with E-state index in [4.69, 9.17) is 35.1 Å². The average molecular weight is 805 g/mol. The van der Waals surface area contributed by atoms with Crippen molar-refractivity contribution in [2.45, 2.75) is 134 Å². The SMILES string of the molecule is CCCCCCCCCCCCCC(=O)OCOP(=O)(O)CS(=O)(=O)C[C@H]1O[C@@H](n2ccc3c(NC4CC(F)C4)c(C#N)c(Cl)nc32)[C@@H]2OC(=O)O[C@@H]21. The number of esters is 1. The second-order valence-corrected chi connectivity index (χ2v) is 18.6. The molecule has 3 fully saturated rings. The third kappa shape index (κ3) is 11.0. The number of anilines is 1. The van der Waals surface area contributed by atoms with Crippen LogP contribution in [0.2, 0.25) is 5.15 Å². The Bertz CT molecular complexity index is 1800. The molecule has 0 bridgehead atoms. The maximum absolute atomic E-state index is 13.5. The van der Waals surface area contributed by atoms with Crippen molar-refractivity contribution in [3.8, 4) is 6.07 Å².